The van der Waals surface area contributed by atoms with E-state index in [4.69, 9.17) is 0 Å². The van der Waals surface area contributed by atoms with Crippen LogP contribution in [0.5, 0.6) is 0 Å². The fourth-order valence-electron chi connectivity index (χ4n) is 2.59. The molecule has 1 unspecified atom stereocenters. The Morgan fingerprint density at radius 2 is 2.06 bits per heavy atom. The molecule has 0 N–H and O–H groups in total. The number of aryl methyl sites for hydroxylation is 1. The van der Waals surface area contributed by atoms with Gasteiger partial charge >= 0.3 is 0 Å². The Bertz CT molecular complexity index is 528. The number of halogens is 1. The Balaban J connectivity index is 2.09. The van der Waals surface area contributed by atoms with Crippen molar-refractivity contribution in [3.8, 4) is 11.4 Å². The van der Waals surface area contributed by atoms with Crippen LogP contribution in [0.15, 0.2) is 30.5 Å². The molecule has 1 aliphatic rings. The first-order valence-corrected chi connectivity index (χ1v) is 6.08. The van der Waals surface area contributed by atoms with Gasteiger partial charge in [0.25, 0.3) is 0 Å². The number of benzene rings is 1. The largest absolute Gasteiger partial charge is 0.325 e. The van der Waals surface area contributed by atoms with Gasteiger partial charge in [0.05, 0.1) is 0 Å². The molecule has 1 aliphatic heterocycles. The Morgan fingerprint density at radius 3 is 2.82 bits per heavy atom. The Morgan fingerprint density at radius 1 is 1.29 bits per heavy atom. The van der Waals surface area contributed by atoms with E-state index in [9.17, 15) is 4.39 Å². The van der Waals surface area contributed by atoms with Crippen molar-refractivity contribution in [2.45, 2.75) is 32.2 Å². The summed E-state index contributed by atoms with van der Waals surface area (Å²) in [4.78, 5) is 4.49. The number of nitrogens with zero attached hydrogens (tertiary/aromatic N) is 2. The monoisotopic (exact) mass is 230 g/mol. The van der Waals surface area contributed by atoms with E-state index in [1.807, 2.05) is 6.20 Å². The predicted octanol–water partition coefficient (Wildman–Crippen LogP) is 3.59. The third-order valence-electron chi connectivity index (χ3n) is 3.47. The standard InChI is InChI=1S/C14H15FN2/c1-10-3-2-4-13-9-16-14(17(10)13)11-5-7-12(15)8-6-11/h5-10H,2-4H2,1H3. The smallest absolute Gasteiger partial charge is 0.140 e. The summed E-state index contributed by atoms with van der Waals surface area (Å²) in [6, 6.07) is 7.06. The first-order valence-electron chi connectivity index (χ1n) is 6.08. The normalized spacial score (nSPS) is 19.1. The van der Waals surface area contributed by atoms with Crippen LogP contribution in [0.2, 0.25) is 0 Å². The van der Waals surface area contributed by atoms with Crippen LogP contribution in [-0.2, 0) is 6.42 Å². The van der Waals surface area contributed by atoms with Crippen molar-refractivity contribution < 1.29 is 4.39 Å². The maximum absolute atomic E-state index is 12.9. The second kappa shape index (κ2) is 3.99. The highest BCUT2D eigenvalue weighted by molar-refractivity contribution is 5.56. The van der Waals surface area contributed by atoms with Gasteiger partial charge in [0.15, 0.2) is 0 Å². The second-order valence-corrected chi connectivity index (χ2v) is 4.69. The average molecular weight is 230 g/mol. The molecule has 0 spiro atoms. The van der Waals surface area contributed by atoms with Crippen molar-refractivity contribution in [2.24, 2.45) is 0 Å². The summed E-state index contributed by atoms with van der Waals surface area (Å²) in [7, 11) is 0. The van der Waals surface area contributed by atoms with E-state index in [0.29, 0.717) is 6.04 Å². The van der Waals surface area contributed by atoms with Crippen LogP contribution in [0, 0.1) is 5.82 Å². The van der Waals surface area contributed by atoms with Crippen molar-refractivity contribution in [1.29, 1.82) is 0 Å². The van der Waals surface area contributed by atoms with E-state index in [0.717, 1.165) is 17.8 Å². The van der Waals surface area contributed by atoms with Crippen molar-refractivity contribution >= 4 is 0 Å². The summed E-state index contributed by atoms with van der Waals surface area (Å²) in [5.74, 6) is 0.763. The minimum atomic E-state index is -0.202. The van der Waals surface area contributed by atoms with Crippen molar-refractivity contribution in [2.75, 3.05) is 0 Å². The lowest BCUT2D eigenvalue weighted by Gasteiger charge is -2.24. The molecule has 17 heavy (non-hydrogen) atoms. The van der Waals surface area contributed by atoms with E-state index < -0.39 is 0 Å². The molecular weight excluding hydrogens is 215 g/mol. The average Bonchev–Trinajstić information content (AvgIpc) is 2.75. The third-order valence-corrected chi connectivity index (χ3v) is 3.47. The summed E-state index contributed by atoms with van der Waals surface area (Å²) in [5, 5.41) is 0. The number of fused-ring (bicyclic) bond motifs is 1. The molecule has 2 nitrogen and oxygen atoms in total. The van der Waals surface area contributed by atoms with E-state index in [1.54, 1.807) is 12.1 Å². The van der Waals surface area contributed by atoms with E-state index in [-0.39, 0.29) is 5.82 Å². The molecule has 3 heteroatoms. The number of aromatic nitrogens is 2. The number of rotatable bonds is 1. The van der Waals surface area contributed by atoms with E-state index in [1.165, 1.54) is 30.7 Å². The molecule has 1 aromatic heterocycles. The molecule has 0 bridgehead atoms. The number of hydrogen-bond donors (Lipinski definition) is 0. The summed E-state index contributed by atoms with van der Waals surface area (Å²) in [6.07, 6.45) is 5.47. The van der Waals surface area contributed by atoms with Gasteiger partial charge in [-0.25, -0.2) is 9.37 Å². The van der Waals surface area contributed by atoms with Gasteiger partial charge in [-0.1, -0.05) is 0 Å². The first-order chi connectivity index (χ1) is 8.25. The van der Waals surface area contributed by atoms with Crippen LogP contribution in [0.4, 0.5) is 4.39 Å². The molecule has 0 saturated carbocycles. The van der Waals surface area contributed by atoms with Gasteiger partial charge in [0.2, 0.25) is 0 Å². The lowest BCUT2D eigenvalue weighted by molar-refractivity contribution is 0.436. The van der Waals surface area contributed by atoms with Gasteiger partial charge < -0.3 is 4.57 Å². The zero-order chi connectivity index (χ0) is 11.8. The van der Waals surface area contributed by atoms with Gasteiger partial charge in [-0.05, 0) is 50.5 Å². The van der Waals surface area contributed by atoms with Crippen molar-refractivity contribution in [1.82, 2.24) is 9.55 Å². The van der Waals surface area contributed by atoms with Crippen LogP contribution in [0.25, 0.3) is 11.4 Å². The van der Waals surface area contributed by atoms with Crippen LogP contribution < -0.4 is 0 Å². The Kier molecular flexibility index (Phi) is 2.46. The van der Waals surface area contributed by atoms with Gasteiger partial charge in [-0.3, -0.25) is 0 Å². The highest BCUT2D eigenvalue weighted by atomic mass is 19.1. The highest BCUT2D eigenvalue weighted by Crippen LogP contribution is 2.30. The van der Waals surface area contributed by atoms with Gasteiger partial charge in [-0.2, -0.15) is 0 Å². The van der Waals surface area contributed by atoms with Gasteiger partial charge in [0, 0.05) is 23.5 Å². The zero-order valence-corrected chi connectivity index (χ0v) is 9.86. The molecule has 0 saturated heterocycles. The molecule has 1 atom stereocenters. The minimum Gasteiger partial charge on any atom is -0.325 e. The maximum Gasteiger partial charge on any atom is 0.140 e. The molecule has 2 heterocycles. The number of imidazole rings is 1. The highest BCUT2D eigenvalue weighted by Gasteiger charge is 2.20. The number of hydrogen-bond acceptors (Lipinski definition) is 1. The predicted molar refractivity (Wildman–Crippen MR) is 65.3 cm³/mol. The molecule has 88 valence electrons. The van der Waals surface area contributed by atoms with Crippen LogP contribution >= 0.6 is 0 Å². The van der Waals surface area contributed by atoms with E-state index >= 15 is 0 Å². The summed E-state index contributed by atoms with van der Waals surface area (Å²) in [6.45, 7) is 2.22. The topological polar surface area (TPSA) is 17.8 Å². The first kappa shape index (κ1) is 10.5. The van der Waals surface area contributed by atoms with Crippen LogP contribution in [-0.4, -0.2) is 9.55 Å². The molecule has 0 fully saturated rings. The van der Waals surface area contributed by atoms with Crippen molar-refractivity contribution in [3.63, 3.8) is 0 Å². The van der Waals surface area contributed by atoms with Crippen LogP contribution in [0.3, 0.4) is 0 Å². The maximum atomic E-state index is 12.9. The SMILES string of the molecule is CC1CCCc2cnc(-c3ccc(F)cc3)n21. The molecular formula is C14H15FN2. The summed E-state index contributed by atoms with van der Waals surface area (Å²) >= 11 is 0. The zero-order valence-electron chi connectivity index (χ0n) is 9.86. The minimum absolute atomic E-state index is 0.202. The molecule has 0 aliphatic carbocycles. The quantitative estimate of drug-likeness (QED) is 0.732. The van der Waals surface area contributed by atoms with Gasteiger partial charge in [0.1, 0.15) is 11.6 Å². The lowest BCUT2D eigenvalue weighted by Crippen LogP contribution is -2.15. The molecule has 0 radical (unpaired) electrons. The second-order valence-electron chi connectivity index (χ2n) is 4.69. The summed E-state index contributed by atoms with van der Waals surface area (Å²) < 4.78 is 15.2. The van der Waals surface area contributed by atoms with Crippen molar-refractivity contribution in [3.05, 3.63) is 42.0 Å². The molecule has 0 amide bonds. The van der Waals surface area contributed by atoms with Gasteiger partial charge in [-0.15, -0.1) is 0 Å². The fraction of sp³-hybridized carbons (Fsp3) is 0.357. The van der Waals surface area contributed by atoms with E-state index in [2.05, 4.69) is 16.5 Å². The molecule has 1 aromatic carbocycles. The molecule has 3 rings (SSSR count). The third kappa shape index (κ3) is 1.75. The fourth-order valence-corrected chi connectivity index (χ4v) is 2.59. The summed E-state index contributed by atoms with van der Waals surface area (Å²) in [5.41, 5.74) is 2.29. The Labute approximate surface area is 100 Å². The van der Waals surface area contributed by atoms with Crippen LogP contribution in [0.1, 0.15) is 31.5 Å². The molecule has 2 aromatic rings. The Hall–Kier alpha value is -1.64. The lowest BCUT2D eigenvalue weighted by atomic mass is 10.0.